The lowest BCUT2D eigenvalue weighted by atomic mass is 9.96. The molecule has 0 spiro atoms. The van der Waals surface area contributed by atoms with Crippen LogP contribution in [0.5, 0.6) is 0 Å². The SMILES string of the molecule is O=C(Nc1ccc(Cl)c([N+](=O)[O-])c1)C1CCN(c2ccc3nnnn3n2)CC1. The molecule has 1 aliphatic rings. The summed E-state index contributed by atoms with van der Waals surface area (Å²) in [6, 6.07) is 7.85. The largest absolute Gasteiger partial charge is 0.355 e. The van der Waals surface area contributed by atoms with Gasteiger partial charge >= 0.3 is 0 Å². The summed E-state index contributed by atoms with van der Waals surface area (Å²) in [6.45, 7) is 1.30. The molecular weight excluding hydrogens is 388 g/mol. The first kappa shape index (κ1) is 18.0. The van der Waals surface area contributed by atoms with Crippen LogP contribution < -0.4 is 10.2 Å². The van der Waals surface area contributed by atoms with E-state index in [1.165, 1.54) is 16.8 Å². The fourth-order valence-electron chi connectivity index (χ4n) is 3.15. The number of benzene rings is 1. The van der Waals surface area contributed by atoms with E-state index in [9.17, 15) is 14.9 Å². The summed E-state index contributed by atoms with van der Waals surface area (Å²) in [5.41, 5.74) is 0.683. The summed E-state index contributed by atoms with van der Waals surface area (Å²) in [6.07, 6.45) is 1.27. The molecule has 3 aromatic rings. The van der Waals surface area contributed by atoms with Gasteiger partial charge in [0.25, 0.3) is 5.69 Å². The Kier molecular flexibility index (Phi) is 4.74. The van der Waals surface area contributed by atoms with Gasteiger partial charge in [0.05, 0.1) is 4.92 Å². The van der Waals surface area contributed by atoms with E-state index in [1.807, 2.05) is 6.07 Å². The molecule has 1 N–H and O–H groups in total. The number of carbonyl (C=O) groups is 1. The molecule has 1 amide bonds. The molecule has 0 radical (unpaired) electrons. The average Bonchev–Trinajstić information content (AvgIpc) is 3.17. The van der Waals surface area contributed by atoms with Crippen LogP contribution in [0.4, 0.5) is 17.2 Å². The summed E-state index contributed by atoms with van der Waals surface area (Å²) in [5.74, 6) is 0.384. The van der Waals surface area contributed by atoms with Gasteiger partial charge in [-0.25, -0.2) is 0 Å². The van der Waals surface area contributed by atoms with Crippen LogP contribution in [-0.4, -0.2) is 49.2 Å². The number of carbonyl (C=O) groups excluding carboxylic acids is 1. The van der Waals surface area contributed by atoms with E-state index < -0.39 is 4.92 Å². The van der Waals surface area contributed by atoms with Crippen LogP contribution in [0.2, 0.25) is 5.02 Å². The summed E-state index contributed by atoms with van der Waals surface area (Å²) in [5, 5.41) is 29.3. The lowest BCUT2D eigenvalue weighted by Gasteiger charge is -2.31. The van der Waals surface area contributed by atoms with E-state index in [4.69, 9.17) is 11.6 Å². The van der Waals surface area contributed by atoms with Gasteiger partial charge in [-0.3, -0.25) is 14.9 Å². The van der Waals surface area contributed by atoms with E-state index in [2.05, 4.69) is 30.8 Å². The first-order valence-electron chi connectivity index (χ1n) is 8.56. The molecule has 1 aliphatic heterocycles. The maximum Gasteiger partial charge on any atom is 0.289 e. The predicted molar refractivity (Wildman–Crippen MR) is 100 cm³/mol. The normalized spacial score (nSPS) is 15.0. The molecule has 12 heteroatoms. The molecule has 0 unspecified atom stereocenters. The number of nitro benzene ring substituents is 1. The number of nitro groups is 1. The fourth-order valence-corrected chi connectivity index (χ4v) is 3.34. The Labute approximate surface area is 163 Å². The Bertz CT molecular complexity index is 1050. The number of anilines is 2. The third kappa shape index (κ3) is 3.56. The molecule has 1 fully saturated rings. The van der Waals surface area contributed by atoms with E-state index in [0.29, 0.717) is 37.3 Å². The lowest BCUT2D eigenvalue weighted by Crippen LogP contribution is -2.38. The number of hydrogen-bond acceptors (Lipinski definition) is 8. The fraction of sp³-hybridized carbons (Fsp3) is 0.312. The second-order valence-corrected chi connectivity index (χ2v) is 6.80. The van der Waals surface area contributed by atoms with E-state index in [-0.39, 0.29) is 22.5 Å². The summed E-state index contributed by atoms with van der Waals surface area (Å²) >= 11 is 5.80. The zero-order chi connectivity index (χ0) is 19.7. The minimum absolute atomic E-state index is 0.0309. The smallest absolute Gasteiger partial charge is 0.289 e. The number of nitrogens with one attached hydrogen (secondary N) is 1. The van der Waals surface area contributed by atoms with Crippen LogP contribution in [0.15, 0.2) is 30.3 Å². The van der Waals surface area contributed by atoms with Crippen molar-refractivity contribution in [2.75, 3.05) is 23.3 Å². The van der Waals surface area contributed by atoms with Crippen molar-refractivity contribution in [2.24, 2.45) is 5.92 Å². The summed E-state index contributed by atoms with van der Waals surface area (Å²) in [4.78, 5) is 25.0. The maximum atomic E-state index is 12.5. The number of tetrazole rings is 1. The number of nitrogens with zero attached hydrogens (tertiary/aromatic N) is 7. The standard InChI is InChI=1S/C16H15ClN8O3/c17-12-2-1-11(9-13(12)25(27)28)18-16(26)10-5-7-23(8-6-10)15-4-3-14-19-21-22-24(14)20-15/h1-4,9-10H,5-8H2,(H,18,26). The first-order valence-corrected chi connectivity index (χ1v) is 8.94. The Morgan fingerprint density at radius 3 is 2.79 bits per heavy atom. The highest BCUT2D eigenvalue weighted by molar-refractivity contribution is 6.32. The van der Waals surface area contributed by atoms with Crippen molar-refractivity contribution in [2.45, 2.75) is 12.8 Å². The molecule has 0 atom stereocenters. The lowest BCUT2D eigenvalue weighted by molar-refractivity contribution is -0.384. The molecular formula is C16H15ClN8O3. The number of halogens is 1. The Hall–Kier alpha value is -3.34. The molecule has 1 saturated heterocycles. The van der Waals surface area contributed by atoms with Crippen LogP contribution in [0.1, 0.15) is 12.8 Å². The van der Waals surface area contributed by atoms with Crippen LogP contribution >= 0.6 is 11.6 Å². The van der Waals surface area contributed by atoms with Gasteiger partial charge in [0.2, 0.25) is 5.91 Å². The predicted octanol–water partition coefficient (Wildman–Crippen LogP) is 1.94. The van der Waals surface area contributed by atoms with Crippen molar-refractivity contribution in [1.29, 1.82) is 0 Å². The molecule has 144 valence electrons. The molecule has 0 bridgehead atoms. The summed E-state index contributed by atoms with van der Waals surface area (Å²) in [7, 11) is 0. The van der Waals surface area contributed by atoms with Crippen LogP contribution in [0, 0.1) is 16.0 Å². The monoisotopic (exact) mass is 402 g/mol. The molecule has 2 aromatic heterocycles. The first-order chi connectivity index (χ1) is 13.5. The summed E-state index contributed by atoms with van der Waals surface area (Å²) < 4.78 is 1.36. The zero-order valence-corrected chi connectivity index (χ0v) is 15.3. The van der Waals surface area contributed by atoms with E-state index in [0.717, 1.165) is 5.82 Å². The highest BCUT2D eigenvalue weighted by Crippen LogP contribution is 2.28. The van der Waals surface area contributed by atoms with Crippen LogP contribution in [0.3, 0.4) is 0 Å². The Morgan fingerprint density at radius 1 is 1.25 bits per heavy atom. The molecule has 1 aromatic carbocycles. The number of aromatic nitrogens is 5. The molecule has 4 rings (SSSR count). The van der Waals surface area contributed by atoms with Crippen molar-refractivity contribution in [3.8, 4) is 0 Å². The van der Waals surface area contributed by atoms with Gasteiger partial charge in [-0.05, 0) is 47.5 Å². The van der Waals surface area contributed by atoms with Crippen molar-refractivity contribution < 1.29 is 9.72 Å². The third-order valence-corrected chi connectivity index (χ3v) is 4.98. The van der Waals surface area contributed by atoms with E-state index in [1.54, 1.807) is 12.1 Å². The average molecular weight is 403 g/mol. The van der Waals surface area contributed by atoms with Gasteiger partial charge in [-0.1, -0.05) is 11.6 Å². The van der Waals surface area contributed by atoms with Crippen molar-refractivity contribution in [1.82, 2.24) is 25.3 Å². The highest BCUT2D eigenvalue weighted by Gasteiger charge is 2.26. The van der Waals surface area contributed by atoms with Crippen molar-refractivity contribution in [3.63, 3.8) is 0 Å². The second kappa shape index (κ2) is 7.35. The molecule has 0 aliphatic carbocycles. The minimum atomic E-state index is -0.578. The second-order valence-electron chi connectivity index (χ2n) is 6.39. The molecule has 0 saturated carbocycles. The number of fused-ring (bicyclic) bond motifs is 1. The number of hydrogen-bond donors (Lipinski definition) is 1. The minimum Gasteiger partial charge on any atom is -0.355 e. The quantitative estimate of drug-likeness (QED) is 0.517. The highest BCUT2D eigenvalue weighted by atomic mass is 35.5. The number of amides is 1. The van der Waals surface area contributed by atoms with Gasteiger partial charge in [-0.2, -0.15) is 0 Å². The molecule has 3 heterocycles. The van der Waals surface area contributed by atoms with Gasteiger partial charge < -0.3 is 10.2 Å². The maximum absolute atomic E-state index is 12.5. The van der Waals surface area contributed by atoms with Gasteiger partial charge in [0, 0.05) is 30.8 Å². The topological polar surface area (TPSA) is 131 Å². The van der Waals surface area contributed by atoms with Crippen molar-refractivity contribution in [3.05, 3.63) is 45.5 Å². The number of piperidine rings is 1. The number of rotatable bonds is 4. The van der Waals surface area contributed by atoms with Gasteiger partial charge in [0.1, 0.15) is 5.02 Å². The third-order valence-electron chi connectivity index (χ3n) is 4.66. The molecule has 28 heavy (non-hydrogen) atoms. The van der Waals surface area contributed by atoms with Crippen LogP contribution in [-0.2, 0) is 4.79 Å². The van der Waals surface area contributed by atoms with Gasteiger partial charge in [0.15, 0.2) is 11.5 Å². The zero-order valence-electron chi connectivity index (χ0n) is 14.5. The van der Waals surface area contributed by atoms with E-state index >= 15 is 0 Å². The Morgan fingerprint density at radius 2 is 2.04 bits per heavy atom. The molecule has 11 nitrogen and oxygen atoms in total. The van der Waals surface area contributed by atoms with Gasteiger partial charge in [-0.15, -0.1) is 14.8 Å². The van der Waals surface area contributed by atoms with Crippen LogP contribution in [0.25, 0.3) is 5.65 Å². The Balaban J connectivity index is 1.38. The van der Waals surface area contributed by atoms with Crippen molar-refractivity contribution >= 4 is 40.3 Å².